The van der Waals surface area contributed by atoms with Crippen molar-refractivity contribution in [2.75, 3.05) is 13.7 Å². The number of hydrogen-bond donors (Lipinski definition) is 0. The zero-order valence-corrected chi connectivity index (χ0v) is 18.6. The number of rotatable bonds is 7. The molecule has 6 nitrogen and oxygen atoms in total. The smallest absolute Gasteiger partial charge is 0.434 e. The van der Waals surface area contributed by atoms with E-state index in [2.05, 4.69) is 9.97 Å². The van der Waals surface area contributed by atoms with Crippen LogP contribution >= 0.6 is 12.3 Å². The Labute approximate surface area is 187 Å². The van der Waals surface area contributed by atoms with Crippen molar-refractivity contribution < 1.29 is 31.3 Å². The highest BCUT2D eigenvalue weighted by Gasteiger charge is 2.35. The number of aromatic nitrogens is 3. The topological polar surface area (TPSA) is 66.2 Å². The van der Waals surface area contributed by atoms with E-state index >= 15 is 0 Å². The molecule has 0 saturated heterocycles. The molecule has 0 N–H and O–H groups in total. The maximum Gasteiger partial charge on any atom is 0.434 e. The van der Waals surface area contributed by atoms with Gasteiger partial charge < -0.3 is 9.47 Å². The normalized spacial score (nSPS) is 17.2. The van der Waals surface area contributed by atoms with Gasteiger partial charge in [-0.25, -0.2) is 8.96 Å². The van der Waals surface area contributed by atoms with Crippen LogP contribution in [0.5, 0.6) is 0 Å². The quantitative estimate of drug-likeness (QED) is 0.391. The number of methoxy groups -OCH3 is 1. The molecule has 0 amide bonds. The van der Waals surface area contributed by atoms with E-state index < -0.39 is 17.3 Å². The summed E-state index contributed by atoms with van der Waals surface area (Å²) in [5, 5.41) is 0. The van der Waals surface area contributed by atoms with Gasteiger partial charge in [0, 0.05) is 11.8 Å². The third-order valence-electron chi connectivity index (χ3n) is 5.17. The molecule has 1 unspecified atom stereocenters. The van der Waals surface area contributed by atoms with Crippen molar-refractivity contribution in [3.8, 4) is 11.4 Å². The second-order valence-electron chi connectivity index (χ2n) is 8.09. The van der Waals surface area contributed by atoms with Gasteiger partial charge in [0.25, 0.3) is 0 Å². The summed E-state index contributed by atoms with van der Waals surface area (Å²) in [5.74, 6) is -0.494. The van der Waals surface area contributed by atoms with Crippen LogP contribution in [-0.4, -0.2) is 39.7 Å². The molecule has 0 saturated carbocycles. The van der Waals surface area contributed by atoms with Gasteiger partial charge in [-0.15, -0.1) is 3.89 Å². The maximum absolute atomic E-state index is 13.1. The molecule has 2 aromatic rings. The van der Waals surface area contributed by atoms with E-state index in [-0.39, 0.29) is 42.4 Å². The molecule has 1 aliphatic carbocycles. The summed E-state index contributed by atoms with van der Waals surface area (Å²) in [4.78, 5) is 19.6. The van der Waals surface area contributed by atoms with Crippen LogP contribution in [0.2, 0.25) is 0 Å². The van der Waals surface area contributed by atoms with E-state index in [1.807, 2.05) is 6.08 Å². The monoisotopic (exact) mass is 473 g/mol. The molecule has 0 spiro atoms. The first-order chi connectivity index (χ1) is 15.0. The summed E-state index contributed by atoms with van der Waals surface area (Å²) in [6, 6.07) is 3.25. The average molecular weight is 473 g/mol. The van der Waals surface area contributed by atoms with Crippen molar-refractivity contribution in [3.63, 3.8) is 0 Å². The Morgan fingerprint density at radius 1 is 1.31 bits per heavy atom. The maximum atomic E-state index is 13.1. The number of carbonyl (C=O) groups excluding carboxylic acids is 1. The molecule has 174 valence electrons. The van der Waals surface area contributed by atoms with Gasteiger partial charge in [-0.3, -0.25) is 9.78 Å². The van der Waals surface area contributed by atoms with E-state index in [1.165, 1.54) is 13.3 Å². The first-order valence-electron chi connectivity index (χ1n) is 9.86. The number of alkyl halides is 3. The molecular weight excluding hydrogens is 450 g/mol. The van der Waals surface area contributed by atoms with Gasteiger partial charge in [0.05, 0.1) is 37.1 Å². The number of esters is 1. The molecule has 0 radical (unpaired) electrons. The first-order valence-corrected chi connectivity index (χ1v) is 10.5. The van der Waals surface area contributed by atoms with E-state index in [4.69, 9.17) is 9.47 Å². The molecule has 0 aliphatic heterocycles. The number of ether oxygens (including phenoxy) is 2. The van der Waals surface area contributed by atoms with Crippen molar-refractivity contribution in [1.29, 1.82) is 0 Å². The van der Waals surface area contributed by atoms with Gasteiger partial charge in [-0.05, 0) is 50.8 Å². The Bertz CT molecular complexity index is 987. The number of halogens is 4. The molecule has 32 heavy (non-hydrogen) atoms. The van der Waals surface area contributed by atoms with Crippen LogP contribution in [0.1, 0.15) is 44.5 Å². The minimum absolute atomic E-state index is 0.0307. The second-order valence-corrected chi connectivity index (χ2v) is 8.62. The molecule has 0 fully saturated rings. The Balaban J connectivity index is 1.66. The summed E-state index contributed by atoms with van der Waals surface area (Å²) < 4.78 is 63.1. The van der Waals surface area contributed by atoms with Crippen LogP contribution in [0.4, 0.5) is 17.1 Å². The molecule has 3 rings (SSSR count). The molecular formula is C21H23F4N3O3S. The Morgan fingerprint density at radius 2 is 2.06 bits per heavy atom. The van der Waals surface area contributed by atoms with E-state index in [0.29, 0.717) is 24.7 Å². The fourth-order valence-electron chi connectivity index (χ4n) is 3.32. The summed E-state index contributed by atoms with van der Waals surface area (Å²) >= 11 is -0.359. The fourth-order valence-corrected chi connectivity index (χ4v) is 3.67. The van der Waals surface area contributed by atoms with E-state index in [9.17, 15) is 21.9 Å². The number of hydrogen-bond acceptors (Lipinski definition) is 6. The number of pyridine rings is 1. The average Bonchev–Trinajstić information content (AvgIpc) is 3.23. The SMILES string of the molecule is COC(=O)C(C)(C)COC1CC=C(c2ccc(-c3nc(C(F)(F)F)cn3SF)cn2)CC1. The summed E-state index contributed by atoms with van der Waals surface area (Å²) in [6.07, 6.45) is 1.38. The molecule has 11 heteroatoms. The Hall–Kier alpha value is -2.40. The van der Waals surface area contributed by atoms with Gasteiger partial charge in [0.2, 0.25) is 0 Å². The van der Waals surface area contributed by atoms with Crippen LogP contribution in [0.25, 0.3) is 17.0 Å². The van der Waals surface area contributed by atoms with Crippen molar-refractivity contribution in [2.45, 2.75) is 45.4 Å². The predicted octanol–water partition coefficient (Wildman–Crippen LogP) is 5.50. The van der Waals surface area contributed by atoms with Crippen LogP contribution in [0.15, 0.2) is 30.6 Å². The number of allylic oxidation sites excluding steroid dienone is 1. The summed E-state index contributed by atoms with van der Waals surface area (Å²) in [6.45, 7) is 3.77. The lowest BCUT2D eigenvalue weighted by Gasteiger charge is -2.27. The Kier molecular flexibility index (Phi) is 7.29. The van der Waals surface area contributed by atoms with Crippen molar-refractivity contribution >= 4 is 23.9 Å². The fraction of sp³-hybridized carbons (Fsp3) is 0.476. The number of carbonyl (C=O) groups is 1. The van der Waals surface area contributed by atoms with Crippen LogP contribution in [0.3, 0.4) is 0 Å². The van der Waals surface area contributed by atoms with Crippen LogP contribution in [0, 0.1) is 5.41 Å². The third kappa shape index (κ3) is 5.50. The van der Waals surface area contributed by atoms with Gasteiger partial charge >= 0.3 is 12.1 Å². The zero-order chi connectivity index (χ0) is 23.5. The predicted molar refractivity (Wildman–Crippen MR) is 112 cm³/mol. The minimum Gasteiger partial charge on any atom is -0.469 e. The second kappa shape index (κ2) is 9.62. The highest BCUT2D eigenvalue weighted by atomic mass is 32.2. The lowest BCUT2D eigenvalue weighted by Crippen LogP contribution is -2.33. The van der Waals surface area contributed by atoms with Crippen molar-refractivity contribution in [2.24, 2.45) is 5.41 Å². The van der Waals surface area contributed by atoms with E-state index in [1.54, 1.807) is 26.0 Å². The molecule has 2 heterocycles. The van der Waals surface area contributed by atoms with E-state index in [0.717, 1.165) is 16.0 Å². The van der Waals surface area contributed by atoms with Gasteiger partial charge in [-0.2, -0.15) is 13.2 Å². The summed E-state index contributed by atoms with van der Waals surface area (Å²) in [7, 11) is 1.34. The van der Waals surface area contributed by atoms with Crippen LogP contribution in [-0.2, 0) is 20.4 Å². The number of imidazole rings is 1. The van der Waals surface area contributed by atoms with Gasteiger partial charge in [-0.1, -0.05) is 6.08 Å². The number of nitrogens with zero attached hydrogens (tertiary/aromatic N) is 3. The molecule has 0 bridgehead atoms. The van der Waals surface area contributed by atoms with Crippen molar-refractivity contribution in [3.05, 3.63) is 42.0 Å². The third-order valence-corrected chi connectivity index (χ3v) is 5.60. The summed E-state index contributed by atoms with van der Waals surface area (Å²) in [5.41, 5.74) is 0.0493. The lowest BCUT2D eigenvalue weighted by atomic mass is 9.93. The standard InChI is InChI=1S/C21H23F4N3O3S/c1-20(2,19(29)30-3)12-31-15-7-4-13(5-8-15)16-9-6-14(10-26-16)18-27-17(21(22,23)24)11-28(18)32-25/h4,6,9-11,15H,5,7-8,12H2,1-3H3. The Morgan fingerprint density at radius 3 is 2.59 bits per heavy atom. The lowest BCUT2D eigenvalue weighted by molar-refractivity contribution is -0.155. The molecule has 0 aromatic carbocycles. The molecule has 1 aliphatic rings. The first kappa shape index (κ1) is 24.2. The molecule has 1 atom stereocenters. The van der Waals surface area contributed by atoms with Gasteiger partial charge in [0.15, 0.2) is 23.9 Å². The van der Waals surface area contributed by atoms with Crippen LogP contribution < -0.4 is 0 Å². The largest absolute Gasteiger partial charge is 0.469 e. The minimum atomic E-state index is -4.67. The molecule has 2 aromatic heterocycles. The van der Waals surface area contributed by atoms with Gasteiger partial charge in [0.1, 0.15) is 0 Å². The zero-order valence-electron chi connectivity index (χ0n) is 17.8. The highest BCUT2D eigenvalue weighted by molar-refractivity contribution is 7.92. The highest BCUT2D eigenvalue weighted by Crippen LogP contribution is 2.34. The van der Waals surface area contributed by atoms with Crippen molar-refractivity contribution in [1.82, 2.24) is 13.9 Å².